The second-order valence-electron chi connectivity index (χ2n) is 10.4. The van der Waals surface area contributed by atoms with Crippen molar-refractivity contribution >= 4 is 11.6 Å². The predicted octanol–water partition coefficient (Wildman–Crippen LogP) is 6.01. The second kappa shape index (κ2) is 11.1. The van der Waals surface area contributed by atoms with Crippen LogP contribution in [0.4, 0.5) is 0 Å². The zero-order valence-corrected chi connectivity index (χ0v) is 21.8. The van der Waals surface area contributed by atoms with Gasteiger partial charge in [0.25, 0.3) is 0 Å². The molecule has 2 aromatic carbocycles. The summed E-state index contributed by atoms with van der Waals surface area (Å²) in [5.41, 5.74) is 2.44. The number of nitrogens with zero attached hydrogens (tertiary/aromatic N) is 3. The van der Waals surface area contributed by atoms with Crippen LogP contribution >= 0.6 is 11.6 Å². The third kappa shape index (κ3) is 7.55. The maximum atomic E-state index is 10.7. The fourth-order valence-electron chi connectivity index (χ4n) is 4.00. The van der Waals surface area contributed by atoms with Crippen LogP contribution in [-0.4, -0.2) is 51.2 Å². The van der Waals surface area contributed by atoms with Crippen LogP contribution in [0, 0.1) is 12.8 Å². The number of ether oxygens (including phenoxy) is 2. The predicted molar refractivity (Wildman–Crippen MR) is 140 cm³/mol. The fraction of sp³-hybridized carbons (Fsp3) is 0.464. The van der Waals surface area contributed by atoms with Crippen LogP contribution in [0.5, 0.6) is 11.6 Å². The molecule has 0 saturated heterocycles. The number of benzene rings is 2. The number of aliphatic hydroxyl groups is 1. The molecule has 7 heteroatoms. The number of para-hydroxylation sites is 1. The number of aromatic nitrogens is 2. The molecule has 1 saturated carbocycles. The van der Waals surface area contributed by atoms with Gasteiger partial charge in [0.1, 0.15) is 5.75 Å². The van der Waals surface area contributed by atoms with Crippen molar-refractivity contribution in [3.8, 4) is 17.3 Å². The minimum Gasteiger partial charge on any atom is -0.439 e. The summed E-state index contributed by atoms with van der Waals surface area (Å²) in [6.07, 6.45) is 1.90. The lowest BCUT2D eigenvalue weighted by Crippen LogP contribution is -2.37. The van der Waals surface area contributed by atoms with Gasteiger partial charge in [0.2, 0.25) is 5.88 Å². The van der Waals surface area contributed by atoms with Crippen molar-refractivity contribution < 1.29 is 14.6 Å². The molecule has 6 nitrogen and oxygen atoms in total. The van der Waals surface area contributed by atoms with Crippen molar-refractivity contribution in [1.29, 1.82) is 0 Å². The average Bonchev–Trinajstić information content (AvgIpc) is 3.57. The molecule has 0 unspecified atom stereocenters. The van der Waals surface area contributed by atoms with Gasteiger partial charge >= 0.3 is 0 Å². The zero-order chi connectivity index (χ0) is 25.0. The lowest BCUT2D eigenvalue weighted by molar-refractivity contribution is -0.0569. The molecule has 1 heterocycles. The van der Waals surface area contributed by atoms with Crippen LogP contribution in [0.25, 0.3) is 5.69 Å². The van der Waals surface area contributed by atoms with Gasteiger partial charge in [-0.2, -0.15) is 5.10 Å². The first-order chi connectivity index (χ1) is 16.7. The summed E-state index contributed by atoms with van der Waals surface area (Å²) in [6, 6.07) is 17.3. The van der Waals surface area contributed by atoms with Crippen LogP contribution < -0.4 is 4.74 Å². The molecule has 0 aliphatic heterocycles. The van der Waals surface area contributed by atoms with Gasteiger partial charge < -0.3 is 14.6 Å². The molecule has 1 atom stereocenters. The highest BCUT2D eigenvalue weighted by molar-refractivity contribution is 6.30. The number of hydrogen-bond donors (Lipinski definition) is 1. The first kappa shape index (κ1) is 25.7. The largest absolute Gasteiger partial charge is 0.439 e. The van der Waals surface area contributed by atoms with E-state index in [2.05, 4.69) is 4.90 Å². The Morgan fingerprint density at radius 2 is 1.89 bits per heavy atom. The molecule has 1 aromatic heterocycles. The first-order valence-corrected chi connectivity index (χ1v) is 12.7. The molecule has 1 fully saturated rings. The van der Waals surface area contributed by atoms with E-state index in [0.717, 1.165) is 29.2 Å². The summed E-state index contributed by atoms with van der Waals surface area (Å²) in [7, 11) is 0. The summed E-state index contributed by atoms with van der Waals surface area (Å²) >= 11 is 6.29. The first-order valence-electron chi connectivity index (χ1n) is 12.3. The van der Waals surface area contributed by atoms with E-state index in [1.54, 1.807) is 0 Å². The molecule has 1 N–H and O–H groups in total. The highest BCUT2D eigenvalue weighted by Crippen LogP contribution is 2.34. The Hall–Kier alpha value is -2.38. The normalized spacial score (nSPS) is 14.9. The summed E-state index contributed by atoms with van der Waals surface area (Å²) in [6.45, 7) is 10.4. The molecular formula is C28H36ClN3O3. The third-order valence-electron chi connectivity index (χ3n) is 5.92. The molecule has 0 spiro atoms. The molecule has 0 radical (unpaired) electrons. The SMILES string of the molecule is Cc1nn(-c2cccc(Cl)c2)c(Oc2ccccc2)c1CN(CC1CC1)C[C@@H](O)COC(C)(C)C. The molecule has 0 amide bonds. The van der Waals surface area contributed by atoms with Crippen LogP contribution in [-0.2, 0) is 11.3 Å². The number of rotatable bonds is 11. The summed E-state index contributed by atoms with van der Waals surface area (Å²) < 4.78 is 14.1. The van der Waals surface area contributed by atoms with Crippen molar-refractivity contribution in [3.63, 3.8) is 0 Å². The van der Waals surface area contributed by atoms with Gasteiger partial charge in [-0.05, 0) is 76.8 Å². The van der Waals surface area contributed by atoms with Gasteiger partial charge in [0.15, 0.2) is 0 Å². The lowest BCUT2D eigenvalue weighted by atomic mass is 10.2. The maximum absolute atomic E-state index is 10.7. The molecule has 0 bridgehead atoms. The Morgan fingerprint density at radius 3 is 2.54 bits per heavy atom. The Morgan fingerprint density at radius 1 is 1.14 bits per heavy atom. The van der Waals surface area contributed by atoms with E-state index in [-0.39, 0.29) is 5.60 Å². The van der Waals surface area contributed by atoms with E-state index in [1.165, 1.54) is 12.8 Å². The Kier molecular flexibility index (Phi) is 8.17. The molecule has 4 rings (SSSR count). The maximum Gasteiger partial charge on any atom is 0.227 e. The van der Waals surface area contributed by atoms with Crippen molar-refractivity contribution in [2.24, 2.45) is 5.92 Å². The van der Waals surface area contributed by atoms with Crippen molar-refractivity contribution in [2.75, 3.05) is 19.7 Å². The van der Waals surface area contributed by atoms with Gasteiger partial charge in [0.05, 0.1) is 35.3 Å². The summed E-state index contributed by atoms with van der Waals surface area (Å²) in [5, 5.41) is 16.2. The van der Waals surface area contributed by atoms with Gasteiger partial charge in [-0.1, -0.05) is 35.9 Å². The molecule has 35 heavy (non-hydrogen) atoms. The minimum atomic E-state index is -0.574. The number of halogens is 1. The summed E-state index contributed by atoms with van der Waals surface area (Å²) in [4.78, 5) is 2.30. The van der Waals surface area contributed by atoms with E-state index in [1.807, 2.05) is 87.0 Å². The van der Waals surface area contributed by atoms with E-state index < -0.39 is 6.10 Å². The molecular weight excluding hydrogens is 462 g/mol. The number of aryl methyl sites for hydroxylation is 1. The van der Waals surface area contributed by atoms with Gasteiger partial charge in [-0.15, -0.1) is 0 Å². The minimum absolute atomic E-state index is 0.284. The molecule has 1 aliphatic carbocycles. The topological polar surface area (TPSA) is 59.8 Å². The quantitative estimate of drug-likeness (QED) is 0.351. The third-order valence-corrected chi connectivity index (χ3v) is 6.16. The van der Waals surface area contributed by atoms with E-state index in [4.69, 9.17) is 26.2 Å². The highest BCUT2D eigenvalue weighted by atomic mass is 35.5. The summed E-state index contributed by atoms with van der Waals surface area (Å²) in [5.74, 6) is 2.08. The van der Waals surface area contributed by atoms with Crippen LogP contribution in [0.15, 0.2) is 54.6 Å². The highest BCUT2D eigenvalue weighted by Gasteiger charge is 2.28. The van der Waals surface area contributed by atoms with E-state index in [9.17, 15) is 5.11 Å². The van der Waals surface area contributed by atoms with Gasteiger partial charge in [-0.25, -0.2) is 4.68 Å². The molecule has 3 aromatic rings. The van der Waals surface area contributed by atoms with E-state index >= 15 is 0 Å². The lowest BCUT2D eigenvalue weighted by Gasteiger charge is -2.27. The molecule has 188 valence electrons. The van der Waals surface area contributed by atoms with E-state index in [0.29, 0.717) is 36.5 Å². The number of hydrogen-bond acceptors (Lipinski definition) is 5. The van der Waals surface area contributed by atoms with Crippen molar-refractivity contribution in [3.05, 3.63) is 70.9 Å². The van der Waals surface area contributed by atoms with Gasteiger partial charge in [-0.3, -0.25) is 4.90 Å². The zero-order valence-electron chi connectivity index (χ0n) is 21.1. The monoisotopic (exact) mass is 497 g/mol. The second-order valence-corrected chi connectivity index (χ2v) is 10.8. The smallest absolute Gasteiger partial charge is 0.227 e. The molecule has 1 aliphatic rings. The van der Waals surface area contributed by atoms with Crippen molar-refractivity contribution in [1.82, 2.24) is 14.7 Å². The van der Waals surface area contributed by atoms with Crippen LogP contribution in [0.1, 0.15) is 44.9 Å². The fourth-order valence-corrected chi connectivity index (χ4v) is 4.18. The standard InChI is InChI=1S/C28H36ClN3O3/c1-20-26(18-31(16-21-13-14-21)17-24(33)19-34-28(2,3)4)27(35-25-11-6-5-7-12-25)32(30-20)23-10-8-9-22(29)15-23/h5-12,15,21,24,33H,13-14,16-19H2,1-4H3/t24-/m1/s1. The van der Waals surface area contributed by atoms with Crippen LogP contribution in [0.2, 0.25) is 5.02 Å². The Balaban J connectivity index is 1.63. The van der Waals surface area contributed by atoms with Gasteiger partial charge in [0, 0.05) is 24.7 Å². The van der Waals surface area contributed by atoms with Crippen molar-refractivity contribution in [2.45, 2.75) is 58.8 Å². The van der Waals surface area contributed by atoms with Crippen LogP contribution in [0.3, 0.4) is 0 Å². The Bertz CT molecular complexity index is 1110. The number of aliphatic hydroxyl groups excluding tert-OH is 1. The Labute approximate surface area is 213 Å². The average molecular weight is 498 g/mol.